The molecule has 0 aliphatic carbocycles. The first-order valence-electron chi connectivity index (χ1n) is 25.3. The molecule has 6 nitrogen and oxygen atoms in total. The van der Waals surface area contributed by atoms with E-state index in [1.807, 2.05) is 0 Å². The summed E-state index contributed by atoms with van der Waals surface area (Å²) in [4.78, 5) is 37.8. The maximum Gasteiger partial charge on any atom is 0.306 e. The van der Waals surface area contributed by atoms with Crippen LogP contribution in [0.15, 0.2) is 0 Å². The van der Waals surface area contributed by atoms with E-state index in [2.05, 4.69) is 34.6 Å². The first kappa shape index (κ1) is 55.4. The lowest BCUT2D eigenvalue weighted by Crippen LogP contribution is -2.30. The summed E-state index contributed by atoms with van der Waals surface area (Å²) in [5, 5.41) is 0. The van der Waals surface area contributed by atoms with E-state index in [1.165, 1.54) is 167 Å². The minimum Gasteiger partial charge on any atom is -0.462 e. The third-order valence-electron chi connectivity index (χ3n) is 12.2. The van der Waals surface area contributed by atoms with Gasteiger partial charge >= 0.3 is 17.9 Å². The van der Waals surface area contributed by atoms with E-state index in [9.17, 15) is 14.4 Å². The number of esters is 3. The van der Waals surface area contributed by atoms with Crippen LogP contribution in [0.4, 0.5) is 0 Å². The van der Waals surface area contributed by atoms with E-state index in [-0.39, 0.29) is 31.1 Å². The summed E-state index contributed by atoms with van der Waals surface area (Å²) < 4.78 is 16.8. The van der Waals surface area contributed by atoms with Gasteiger partial charge in [-0.1, -0.05) is 240 Å². The van der Waals surface area contributed by atoms with Crippen molar-refractivity contribution in [3.63, 3.8) is 0 Å². The van der Waals surface area contributed by atoms with E-state index in [0.717, 1.165) is 69.6 Å². The Bertz CT molecular complexity index is 874. The van der Waals surface area contributed by atoms with Crippen LogP contribution < -0.4 is 0 Å². The molecule has 0 radical (unpaired) electrons. The van der Waals surface area contributed by atoms with E-state index in [0.29, 0.717) is 19.3 Å². The molecule has 0 bridgehead atoms. The van der Waals surface area contributed by atoms with Crippen molar-refractivity contribution in [2.24, 2.45) is 11.8 Å². The fourth-order valence-electron chi connectivity index (χ4n) is 7.57. The SMILES string of the molecule is CCCCCCCCCCCC(=O)OC[C@@H](COC(=O)CCCCCCCCCCCCCCCCC(C)CC)OC(=O)CCCCCCCCCCC(C)CC. The third-order valence-corrected chi connectivity index (χ3v) is 12.2. The second kappa shape index (κ2) is 44.0. The zero-order valence-electron chi connectivity index (χ0n) is 39.0. The van der Waals surface area contributed by atoms with Crippen LogP contribution in [0.1, 0.15) is 279 Å². The Morgan fingerprint density at radius 3 is 0.912 bits per heavy atom. The summed E-state index contributed by atoms with van der Waals surface area (Å²) in [6, 6.07) is 0. The molecule has 0 aliphatic heterocycles. The van der Waals surface area contributed by atoms with Gasteiger partial charge in [0.1, 0.15) is 13.2 Å². The third kappa shape index (κ3) is 42.3. The summed E-state index contributed by atoms with van der Waals surface area (Å²) in [5.41, 5.74) is 0. The van der Waals surface area contributed by atoms with Crippen molar-refractivity contribution in [1.29, 1.82) is 0 Å². The standard InChI is InChI=1S/C51H98O6/c1-6-9-10-11-12-19-26-31-36-41-49(52)55-44-48(57-51(54)43-38-33-28-23-22-25-30-35-40-47(5)8-3)45-56-50(53)42-37-32-27-21-18-16-14-13-15-17-20-24-29-34-39-46(4)7-2/h46-48H,6-45H2,1-5H3/t46?,47?,48-/m0/s1. The van der Waals surface area contributed by atoms with Gasteiger partial charge in [0, 0.05) is 19.3 Å². The second-order valence-corrected chi connectivity index (χ2v) is 17.9. The number of rotatable bonds is 45. The van der Waals surface area contributed by atoms with Gasteiger partial charge in [0.15, 0.2) is 6.10 Å². The largest absolute Gasteiger partial charge is 0.462 e. The highest BCUT2D eigenvalue weighted by Gasteiger charge is 2.19. The normalized spacial score (nSPS) is 13.0. The topological polar surface area (TPSA) is 78.9 Å². The van der Waals surface area contributed by atoms with E-state index >= 15 is 0 Å². The van der Waals surface area contributed by atoms with E-state index in [1.54, 1.807) is 0 Å². The molecule has 0 amide bonds. The zero-order chi connectivity index (χ0) is 41.9. The quantitative estimate of drug-likeness (QED) is 0.0346. The van der Waals surface area contributed by atoms with Crippen molar-refractivity contribution >= 4 is 17.9 Å². The lowest BCUT2D eigenvalue weighted by molar-refractivity contribution is -0.167. The van der Waals surface area contributed by atoms with Crippen molar-refractivity contribution in [2.75, 3.05) is 13.2 Å². The molecular weight excluding hydrogens is 709 g/mol. The average Bonchev–Trinajstić information content (AvgIpc) is 3.21. The molecule has 6 heteroatoms. The van der Waals surface area contributed by atoms with Gasteiger partial charge in [0.05, 0.1) is 0 Å². The summed E-state index contributed by atoms with van der Waals surface area (Å²) in [6.45, 7) is 11.4. The molecule has 0 saturated carbocycles. The summed E-state index contributed by atoms with van der Waals surface area (Å²) in [6.07, 6.45) is 43.7. The Morgan fingerprint density at radius 2 is 0.614 bits per heavy atom. The smallest absolute Gasteiger partial charge is 0.306 e. The van der Waals surface area contributed by atoms with Gasteiger partial charge in [-0.2, -0.15) is 0 Å². The van der Waals surface area contributed by atoms with Gasteiger partial charge in [-0.15, -0.1) is 0 Å². The van der Waals surface area contributed by atoms with Crippen LogP contribution >= 0.6 is 0 Å². The Labute approximate surface area is 355 Å². The highest BCUT2D eigenvalue weighted by Crippen LogP contribution is 2.18. The van der Waals surface area contributed by atoms with Crippen LogP contribution in [0.3, 0.4) is 0 Å². The molecule has 0 saturated heterocycles. The van der Waals surface area contributed by atoms with Crippen molar-refractivity contribution in [2.45, 2.75) is 285 Å². The van der Waals surface area contributed by atoms with Gasteiger partial charge in [-0.05, 0) is 31.1 Å². The van der Waals surface area contributed by atoms with Crippen LogP contribution in [-0.2, 0) is 28.6 Å². The average molecular weight is 807 g/mol. The Morgan fingerprint density at radius 1 is 0.351 bits per heavy atom. The minimum atomic E-state index is -0.761. The maximum atomic E-state index is 12.7. The molecule has 0 fully saturated rings. The first-order valence-corrected chi connectivity index (χ1v) is 25.3. The van der Waals surface area contributed by atoms with E-state index < -0.39 is 6.10 Å². The molecule has 0 aliphatic rings. The summed E-state index contributed by atoms with van der Waals surface area (Å²) in [5.74, 6) is 0.886. The lowest BCUT2D eigenvalue weighted by atomic mass is 9.99. The van der Waals surface area contributed by atoms with Crippen molar-refractivity contribution in [1.82, 2.24) is 0 Å². The molecule has 3 atom stereocenters. The number of ether oxygens (including phenoxy) is 3. The number of hydrogen-bond acceptors (Lipinski definition) is 6. The van der Waals surface area contributed by atoms with E-state index in [4.69, 9.17) is 14.2 Å². The zero-order valence-corrected chi connectivity index (χ0v) is 39.0. The molecule has 338 valence electrons. The molecule has 0 spiro atoms. The fraction of sp³-hybridized carbons (Fsp3) is 0.941. The molecule has 0 aromatic carbocycles. The number of carbonyl (C=O) groups is 3. The van der Waals surface area contributed by atoms with Crippen LogP contribution in [0.2, 0.25) is 0 Å². The molecule has 2 unspecified atom stereocenters. The molecule has 0 N–H and O–H groups in total. The fourth-order valence-corrected chi connectivity index (χ4v) is 7.57. The first-order chi connectivity index (χ1) is 27.8. The van der Waals surface area contributed by atoms with Gasteiger partial charge in [0.25, 0.3) is 0 Å². The number of hydrogen-bond donors (Lipinski definition) is 0. The van der Waals surface area contributed by atoms with Crippen LogP contribution in [0.5, 0.6) is 0 Å². The highest BCUT2D eigenvalue weighted by atomic mass is 16.6. The second-order valence-electron chi connectivity index (χ2n) is 17.9. The van der Waals surface area contributed by atoms with Gasteiger partial charge in [-0.3, -0.25) is 14.4 Å². The van der Waals surface area contributed by atoms with Gasteiger partial charge in [0.2, 0.25) is 0 Å². The number of unbranched alkanes of at least 4 members (excludes halogenated alkanes) is 28. The molecule has 57 heavy (non-hydrogen) atoms. The van der Waals surface area contributed by atoms with Crippen molar-refractivity contribution in [3.8, 4) is 0 Å². The predicted molar refractivity (Wildman–Crippen MR) is 243 cm³/mol. The predicted octanol–water partition coefficient (Wildman–Crippen LogP) is 16.1. The molecule has 0 aromatic rings. The Hall–Kier alpha value is -1.59. The molecule has 0 heterocycles. The Balaban J connectivity index is 4.25. The van der Waals surface area contributed by atoms with Crippen LogP contribution in [-0.4, -0.2) is 37.2 Å². The maximum absolute atomic E-state index is 12.7. The van der Waals surface area contributed by atoms with Gasteiger partial charge in [-0.25, -0.2) is 0 Å². The number of carbonyl (C=O) groups excluding carboxylic acids is 3. The molecule has 0 rings (SSSR count). The summed E-state index contributed by atoms with van der Waals surface area (Å²) >= 11 is 0. The van der Waals surface area contributed by atoms with Crippen molar-refractivity contribution < 1.29 is 28.6 Å². The lowest BCUT2D eigenvalue weighted by Gasteiger charge is -2.18. The van der Waals surface area contributed by atoms with Crippen LogP contribution in [0.25, 0.3) is 0 Å². The Kier molecular flexibility index (Phi) is 42.7. The highest BCUT2D eigenvalue weighted by molar-refractivity contribution is 5.71. The molecule has 0 aromatic heterocycles. The van der Waals surface area contributed by atoms with Crippen molar-refractivity contribution in [3.05, 3.63) is 0 Å². The van der Waals surface area contributed by atoms with Gasteiger partial charge < -0.3 is 14.2 Å². The monoisotopic (exact) mass is 807 g/mol. The summed E-state index contributed by atoms with van der Waals surface area (Å²) in [7, 11) is 0. The molecular formula is C51H98O6. The van der Waals surface area contributed by atoms with Crippen LogP contribution in [0, 0.1) is 11.8 Å². The minimum absolute atomic E-state index is 0.0643.